The molecule has 1 aromatic heterocycles. The van der Waals surface area contributed by atoms with Crippen molar-refractivity contribution in [2.24, 2.45) is 5.73 Å². The second-order valence-corrected chi connectivity index (χ2v) is 6.51. The third-order valence-electron chi connectivity index (χ3n) is 2.67. The van der Waals surface area contributed by atoms with Gasteiger partial charge in [-0.25, -0.2) is 8.42 Å². The van der Waals surface area contributed by atoms with Crippen molar-refractivity contribution in [2.75, 3.05) is 11.5 Å². The highest BCUT2D eigenvalue weighted by Gasteiger charge is 2.11. The monoisotopic (exact) mass is 259 g/mol. The third-order valence-corrected chi connectivity index (χ3v) is 4.50. The van der Waals surface area contributed by atoms with Crippen LogP contribution in [0.15, 0.2) is 12.4 Å². The van der Waals surface area contributed by atoms with Gasteiger partial charge in [-0.1, -0.05) is 13.8 Å². The van der Waals surface area contributed by atoms with Crippen LogP contribution in [0.2, 0.25) is 0 Å². The summed E-state index contributed by atoms with van der Waals surface area (Å²) in [7, 11) is -2.94. The summed E-state index contributed by atoms with van der Waals surface area (Å²) in [5, 5.41) is 4.12. The SMILES string of the molecule is CCCS(=O)(=O)CCn1cc(C(N)CC)cn1. The molecule has 0 aliphatic rings. The predicted octanol–water partition coefficient (Wildman–Crippen LogP) is 1.12. The normalized spacial score (nSPS) is 13.8. The van der Waals surface area contributed by atoms with Gasteiger partial charge in [-0.2, -0.15) is 5.10 Å². The molecule has 0 amide bonds. The van der Waals surface area contributed by atoms with Crippen molar-refractivity contribution in [1.82, 2.24) is 9.78 Å². The quantitative estimate of drug-likeness (QED) is 0.796. The first-order valence-electron chi connectivity index (χ1n) is 5.97. The van der Waals surface area contributed by atoms with Gasteiger partial charge < -0.3 is 5.73 Å². The van der Waals surface area contributed by atoms with Gasteiger partial charge in [0.25, 0.3) is 0 Å². The summed E-state index contributed by atoms with van der Waals surface area (Å²) in [6, 6.07) is -0.0176. The maximum Gasteiger partial charge on any atom is 0.152 e. The lowest BCUT2D eigenvalue weighted by atomic mass is 10.1. The van der Waals surface area contributed by atoms with Gasteiger partial charge in [0.2, 0.25) is 0 Å². The Labute approximate surface area is 103 Å². The molecule has 17 heavy (non-hydrogen) atoms. The van der Waals surface area contributed by atoms with E-state index in [0.29, 0.717) is 13.0 Å². The fraction of sp³-hybridized carbons (Fsp3) is 0.727. The molecule has 0 aliphatic carbocycles. The Morgan fingerprint density at radius 2 is 2.12 bits per heavy atom. The van der Waals surface area contributed by atoms with Crippen LogP contribution in [0.25, 0.3) is 0 Å². The van der Waals surface area contributed by atoms with Crippen LogP contribution in [-0.4, -0.2) is 29.7 Å². The number of nitrogens with two attached hydrogens (primary N) is 1. The van der Waals surface area contributed by atoms with Gasteiger partial charge in [0, 0.05) is 23.6 Å². The van der Waals surface area contributed by atoms with Gasteiger partial charge >= 0.3 is 0 Å². The summed E-state index contributed by atoms with van der Waals surface area (Å²) in [5.74, 6) is 0.388. The minimum Gasteiger partial charge on any atom is -0.324 e. The third kappa shape index (κ3) is 4.47. The lowest BCUT2D eigenvalue weighted by Gasteiger charge is -2.04. The molecular weight excluding hydrogens is 238 g/mol. The number of aryl methyl sites for hydroxylation is 1. The first kappa shape index (κ1) is 14.2. The number of nitrogens with zero attached hydrogens (tertiary/aromatic N) is 2. The van der Waals surface area contributed by atoms with E-state index in [1.54, 1.807) is 10.9 Å². The van der Waals surface area contributed by atoms with E-state index in [4.69, 9.17) is 5.73 Å². The molecule has 1 rings (SSSR count). The standard InChI is InChI=1S/C11H21N3O2S/c1-3-6-17(15,16)7-5-14-9-10(8-13-14)11(12)4-2/h8-9,11H,3-7,12H2,1-2H3. The Balaban J connectivity index is 2.56. The Morgan fingerprint density at radius 1 is 1.41 bits per heavy atom. The second kappa shape index (κ2) is 6.16. The van der Waals surface area contributed by atoms with Crippen molar-refractivity contribution in [3.8, 4) is 0 Å². The zero-order valence-electron chi connectivity index (χ0n) is 10.5. The lowest BCUT2D eigenvalue weighted by Crippen LogP contribution is -2.16. The molecule has 1 unspecified atom stereocenters. The van der Waals surface area contributed by atoms with Crippen molar-refractivity contribution >= 4 is 9.84 Å². The molecule has 1 atom stereocenters. The van der Waals surface area contributed by atoms with E-state index in [2.05, 4.69) is 5.10 Å². The molecule has 2 N–H and O–H groups in total. The molecule has 6 heteroatoms. The molecule has 1 heterocycles. The fourth-order valence-electron chi connectivity index (χ4n) is 1.57. The van der Waals surface area contributed by atoms with Crippen LogP contribution in [0.3, 0.4) is 0 Å². The molecular formula is C11H21N3O2S. The number of sulfone groups is 1. The average Bonchev–Trinajstić information content (AvgIpc) is 2.74. The highest BCUT2D eigenvalue weighted by Crippen LogP contribution is 2.11. The van der Waals surface area contributed by atoms with Gasteiger partial charge in [-0.05, 0) is 12.8 Å². The highest BCUT2D eigenvalue weighted by molar-refractivity contribution is 7.91. The Bertz CT molecular complexity index is 439. The van der Waals surface area contributed by atoms with Crippen molar-refractivity contribution in [3.63, 3.8) is 0 Å². The molecule has 0 bridgehead atoms. The summed E-state index contributed by atoms with van der Waals surface area (Å²) in [4.78, 5) is 0. The first-order chi connectivity index (χ1) is 7.98. The number of rotatable bonds is 7. The van der Waals surface area contributed by atoms with Crippen LogP contribution in [0.1, 0.15) is 38.3 Å². The van der Waals surface area contributed by atoms with Gasteiger partial charge in [0.15, 0.2) is 9.84 Å². The number of aromatic nitrogens is 2. The Morgan fingerprint density at radius 3 is 2.71 bits per heavy atom. The Hall–Kier alpha value is -0.880. The molecule has 98 valence electrons. The molecule has 0 radical (unpaired) electrons. The van der Waals surface area contributed by atoms with Crippen molar-refractivity contribution in [3.05, 3.63) is 18.0 Å². The second-order valence-electron chi connectivity index (χ2n) is 4.20. The molecule has 0 spiro atoms. The largest absolute Gasteiger partial charge is 0.324 e. The summed E-state index contributed by atoms with van der Waals surface area (Å²) >= 11 is 0. The summed E-state index contributed by atoms with van der Waals surface area (Å²) in [6.07, 6.45) is 5.05. The molecule has 0 fully saturated rings. The van der Waals surface area contributed by atoms with Gasteiger partial charge in [-0.3, -0.25) is 4.68 Å². The molecule has 0 aliphatic heterocycles. The van der Waals surface area contributed by atoms with Gasteiger partial charge in [0.1, 0.15) is 0 Å². The van der Waals surface area contributed by atoms with E-state index < -0.39 is 9.84 Å². The summed E-state index contributed by atoms with van der Waals surface area (Å²) in [5.41, 5.74) is 6.82. The minimum atomic E-state index is -2.94. The minimum absolute atomic E-state index is 0.0176. The van der Waals surface area contributed by atoms with Crippen LogP contribution in [-0.2, 0) is 16.4 Å². The smallest absolute Gasteiger partial charge is 0.152 e. The maximum absolute atomic E-state index is 11.5. The molecule has 5 nitrogen and oxygen atoms in total. The van der Waals surface area contributed by atoms with Crippen LogP contribution < -0.4 is 5.73 Å². The molecule has 0 aromatic carbocycles. The van der Waals surface area contributed by atoms with E-state index in [1.165, 1.54) is 0 Å². The van der Waals surface area contributed by atoms with Crippen molar-refractivity contribution < 1.29 is 8.42 Å². The zero-order chi connectivity index (χ0) is 12.9. The van der Waals surface area contributed by atoms with E-state index in [0.717, 1.165) is 12.0 Å². The van der Waals surface area contributed by atoms with Crippen molar-refractivity contribution in [2.45, 2.75) is 39.3 Å². The lowest BCUT2D eigenvalue weighted by molar-refractivity contribution is 0.579. The average molecular weight is 259 g/mol. The van der Waals surface area contributed by atoms with Crippen LogP contribution in [0.4, 0.5) is 0 Å². The van der Waals surface area contributed by atoms with Crippen LogP contribution >= 0.6 is 0 Å². The number of hydrogen-bond donors (Lipinski definition) is 1. The van der Waals surface area contributed by atoms with E-state index in [9.17, 15) is 8.42 Å². The Kier molecular flexibility index (Phi) is 5.14. The van der Waals surface area contributed by atoms with E-state index in [-0.39, 0.29) is 17.5 Å². The molecule has 1 aromatic rings. The number of hydrogen-bond acceptors (Lipinski definition) is 4. The molecule has 0 saturated carbocycles. The first-order valence-corrected chi connectivity index (χ1v) is 7.79. The van der Waals surface area contributed by atoms with Gasteiger partial charge in [0.05, 0.1) is 18.5 Å². The van der Waals surface area contributed by atoms with E-state index in [1.807, 2.05) is 20.0 Å². The highest BCUT2D eigenvalue weighted by atomic mass is 32.2. The summed E-state index contributed by atoms with van der Waals surface area (Å²) in [6.45, 7) is 4.27. The predicted molar refractivity (Wildman–Crippen MR) is 68.4 cm³/mol. The summed E-state index contributed by atoms with van der Waals surface area (Å²) < 4.78 is 24.7. The maximum atomic E-state index is 11.5. The van der Waals surface area contributed by atoms with Gasteiger partial charge in [-0.15, -0.1) is 0 Å². The van der Waals surface area contributed by atoms with E-state index >= 15 is 0 Å². The topological polar surface area (TPSA) is 78.0 Å². The molecule has 0 saturated heterocycles. The fourth-order valence-corrected chi connectivity index (χ4v) is 2.87. The van der Waals surface area contributed by atoms with Crippen molar-refractivity contribution in [1.29, 1.82) is 0 Å². The zero-order valence-corrected chi connectivity index (χ0v) is 11.3. The van der Waals surface area contributed by atoms with Crippen LogP contribution in [0, 0.1) is 0 Å². The van der Waals surface area contributed by atoms with Crippen LogP contribution in [0.5, 0.6) is 0 Å².